The van der Waals surface area contributed by atoms with Crippen LogP contribution < -0.4 is 0 Å². The van der Waals surface area contributed by atoms with Crippen LogP contribution in [-0.4, -0.2) is 9.55 Å². The maximum Gasteiger partial charge on any atom is 0.100 e. The summed E-state index contributed by atoms with van der Waals surface area (Å²) >= 11 is 0. The molecule has 29 heavy (non-hydrogen) atoms. The molecule has 1 aromatic carbocycles. The van der Waals surface area contributed by atoms with Crippen molar-refractivity contribution in [3.05, 3.63) is 54.7 Å². The van der Waals surface area contributed by atoms with E-state index in [2.05, 4.69) is 72.6 Å². The Hall–Kier alpha value is -0.726. The van der Waals surface area contributed by atoms with E-state index in [1.807, 2.05) is 0 Å². The minimum absolute atomic E-state index is 0. The van der Waals surface area contributed by atoms with Gasteiger partial charge in [-0.3, -0.25) is 0 Å². The first-order valence-electron chi connectivity index (χ1n) is 11.3. The zero-order valence-electron chi connectivity index (χ0n) is 17.8. The van der Waals surface area contributed by atoms with E-state index in [0.29, 0.717) is 5.41 Å². The fraction of sp³-hybridized carbons (Fsp3) is 0.538. The molecule has 0 N–H and O–H groups in total. The van der Waals surface area contributed by atoms with Crippen molar-refractivity contribution < 1.29 is 32.7 Å². The predicted octanol–water partition coefficient (Wildman–Crippen LogP) is 6.65. The molecule has 0 spiro atoms. The number of hydrogen-bond acceptors (Lipinski definition) is 1. The van der Waals surface area contributed by atoms with Crippen molar-refractivity contribution in [3.8, 4) is 0 Å². The Morgan fingerprint density at radius 3 is 2.79 bits per heavy atom. The number of rotatable bonds is 1. The van der Waals surface area contributed by atoms with E-state index in [0.717, 1.165) is 23.3 Å². The van der Waals surface area contributed by atoms with Crippen LogP contribution in [0.2, 0.25) is 0 Å². The van der Waals surface area contributed by atoms with Crippen LogP contribution in [0.15, 0.2) is 48.3 Å². The molecule has 1 heterocycles. The summed E-state index contributed by atoms with van der Waals surface area (Å²) in [6.07, 6.45) is 18.9. The number of benzene rings is 1. The van der Waals surface area contributed by atoms with Gasteiger partial charge in [0.25, 0.3) is 0 Å². The molecule has 0 bridgehead atoms. The molecule has 0 saturated heterocycles. The largest absolute Gasteiger partial charge is 0.325 e. The molecular formula is C26H31N2Y-. The first-order chi connectivity index (χ1) is 13.6. The Bertz CT molecular complexity index is 1000. The van der Waals surface area contributed by atoms with Crippen LogP contribution in [0, 0.1) is 35.0 Å². The first kappa shape index (κ1) is 20.2. The van der Waals surface area contributed by atoms with E-state index in [4.69, 9.17) is 0 Å². The summed E-state index contributed by atoms with van der Waals surface area (Å²) in [5.41, 5.74) is 6.40. The van der Waals surface area contributed by atoms with Crippen molar-refractivity contribution in [2.75, 3.05) is 0 Å². The van der Waals surface area contributed by atoms with Crippen molar-refractivity contribution in [1.29, 1.82) is 0 Å². The quantitative estimate of drug-likeness (QED) is 0.344. The molecule has 0 aliphatic heterocycles. The van der Waals surface area contributed by atoms with Crippen LogP contribution in [0.3, 0.4) is 0 Å². The SMILES string of the molecule is C[C@]12CC[CH-]CC1=CCC1C2CC[C@]2(C)C(n3cnc4ccccc43)=CCC12.[Y]. The Labute approximate surface area is 200 Å². The van der Waals surface area contributed by atoms with Gasteiger partial charge in [0.05, 0.1) is 11.0 Å². The molecule has 3 heteroatoms. The summed E-state index contributed by atoms with van der Waals surface area (Å²) in [5.74, 6) is 2.50. The van der Waals surface area contributed by atoms with Gasteiger partial charge in [-0.2, -0.15) is 12.8 Å². The normalized spacial score (nSPS) is 38.3. The van der Waals surface area contributed by atoms with Crippen LogP contribution in [0.4, 0.5) is 0 Å². The van der Waals surface area contributed by atoms with Crippen LogP contribution in [0.25, 0.3) is 16.7 Å². The third kappa shape index (κ3) is 2.77. The summed E-state index contributed by atoms with van der Waals surface area (Å²) in [5, 5.41) is 0. The van der Waals surface area contributed by atoms with Crippen LogP contribution in [0.1, 0.15) is 58.8 Å². The summed E-state index contributed by atoms with van der Waals surface area (Å²) in [4.78, 5) is 4.69. The van der Waals surface area contributed by atoms with Gasteiger partial charge in [0.15, 0.2) is 0 Å². The zero-order valence-corrected chi connectivity index (χ0v) is 20.6. The Kier molecular flexibility index (Phi) is 4.99. The van der Waals surface area contributed by atoms with Gasteiger partial charge in [-0.05, 0) is 61.0 Å². The second kappa shape index (κ2) is 7.16. The predicted molar refractivity (Wildman–Crippen MR) is 115 cm³/mol. The van der Waals surface area contributed by atoms with Gasteiger partial charge in [0.2, 0.25) is 0 Å². The number of para-hydroxylation sites is 2. The standard InChI is InChI=1S/C26H31N2.Y/c1-25-15-6-5-7-18(25)10-11-19-20-12-13-24(26(20,2)16-14-21(19)25)28-17-27-22-8-3-4-9-23(22)28;/h3-5,8-10,13,17,19-21H,6-7,11-12,14-16H2,1-2H3;/q-1;/t19?,20?,21?,25-,26-;/m0./s1. The minimum atomic E-state index is 0. The Morgan fingerprint density at radius 1 is 1.03 bits per heavy atom. The van der Waals surface area contributed by atoms with Crippen molar-refractivity contribution in [3.63, 3.8) is 0 Å². The van der Waals surface area contributed by atoms with Gasteiger partial charge in [-0.15, -0.1) is 0 Å². The van der Waals surface area contributed by atoms with E-state index >= 15 is 0 Å². The third-order valence-electron chi connectivity index (χ3n) is 9.11. The Balaban J connectivity index is 0.00000181. The molecular weight excluding hydrogens is 429 g/mol. The van der Waals surface area contributed by atoms with E-state index in [-0.39, 0.29) is 38.1 Å². The fourth-order valence-electron chi connectivity index (χ4n) is 7.55. The van der Waals surface area contributed by atoms with Crippen LogP contribution in [0.5, 0.6) is 0 Å². The van der Waals surface area contributed by atoms with Crippen LogP contribution >= 0.6 is 0 Å². The fourth-order valence-corrected chi connectivity index (χ4v) is 7.55. The number of allylic oxidation sites excluding steroid dienone is 4. The number of fused-ring (bicyclic) bond motifs is 6. The molecule has 0 amide bonds. The van der Waals surface area contributed by atoms with Crippen LogP contribution in [-0.2, 0) is 32.7 Å². The van der Waals surface area contributed by atoms with E-state index in [1.165, 1.54) is 56.2 Å². The van der Waals surface area contributed by atoms with Crippen molar-refractivity contribution in [2.45, 2.75) is 58.8 Å². The van der Waals surface area contributed by atoms with Gasteiger partial charge < -0.3 is 11.0 Å². The van der Waals surface area contributed by atoms with E-state index in [1.54, 1.807) is 5.57 Å². The molecule has 1 radical (unpaired) electrons. The average molecular weight is 460 g/mol. The van der Waals surface area contributed by atoms with E-state index < -0.39 is 0 Å². The van der Waals surface area contributed by atoms with Gasteiger partial charge >= 0.3 is 0 Å². The molecule has 4 aliphatic carbocycles. The first-order valence-corrected chi connectivity index (χ1v) is 11.3. The summed E-state index contributed by atoms with van der Waals surface area (Å²) < 4.78 is 2.40. The van der Waals surface area contributed by atoms with Gasteiger partial charge in [0.1, 0.15) is 6.33 Å². The molecule has 2 aromatic rings. The van der Waals surface area contributed by atoms with Crippen molar-refractivity contribution in [2.24, 2.45) is 28.6 Å². The number of imidazole rings is 1. The second-order valence-electron chi connectivity index (χ2n) is 10.2. The zero-order chi connectivity index (χ0) is 18.9. The van der Waals surface area contributed by atoms with Crippen molar-refractivity contribution in [1.82, 2.24) is 9.55 Å². The summed E-state index contributed by atoms with van der Waals surface area (Å²) in [6, 6.07) is 8.58. The smallest absolute Gasteiger partial charge is 0.100 e. The van der Waals surface area contributed by atoms with Crippen molar-refractivity contribution >= 4 is 16.7 Å². The van der Waals surface area contributed by atoms with Gasteiger partial charge in [-0.1, -0.05) is 50.1 Å². The third-order valence-corrected chi connectivity index (χ3v) is 9.11. The minimum Gasteiger partial charge on any atom is -0.325 e. The van der Waals surface area contributed by atoms with Gasteiger partial charge in [0, 0.05) is 43.8 Å². The molecule has 1 aromatic heterocycles. The molecule has 5 atom stereocenters. The molecule has 149 valence electrons. The molecule has 2 fully saturated rings. The average Bonchev–Trinajstić information content (AvgIpc) is 3.28. The molecule has 2 saturated carbocycles. The number of nitrogens with zero attached hydrogens (tertiary/aromatic N) is 2. The molecule has 2 nitrogen and oxygen atoms in total. The summed E-state index contributed by atoms with van der Waals surface area (Å²) in [6.45, 7) is 5.15. The topological polar surface area (TPSA) is 17.8 Å². The Morgan fingerprint density at radius 2 is 1.90 bits per heavy atom. The number of hydrogen-bond donors (Lipinski definition) is 0. The maximum absolute atomic E-state index is 4.69. The molecule has 6 rings (SSSR count). The van der Waals surface area contributed by atoms with E-state index in [9.17, 15) is 0 Å². The molecule has 3 unspecified atom stereocenters. The molecule has 4 aliphatic rings. The maximum atomic E-state index is 4.69. The van der Waals surface area contributed by atoms with Gasteiger partial charge in [-0.25, -0.2) is 4.98 Å². The summed E-state index contributed by atoms with van der Waals surface area (Å²) in [7, 11) is 0. The monoisotopic (exact) mass is 460 g/mol. The second-order valence-corrected chi connectivity index (χ2v) is 10.2. The number of aromatic nitrogens is 2.